The molecule has 1 heterocycles. The monoisotopic (exact) mass is 352 g/mol. The maximum absolute atomic E-state index is 5.59. The highest BCUT2D eigenvalue weighted by atomic mass is 16.5. The fraction of sp³-hybridized carbons (Fsp3) is 0.667. The summed E-state index contributed by atoms with van der Waals surface area (Å²) in [7, 11) is 0. The topological polar surface area (TPSA) is 77.0 Å². The first-order valence-corrected chi connectivity index (χ1v) is 9.07. The summed E-state index contributed by atoms with van der Waals surface area (Å²) in [6, 6.07) is 3.73. The Kier molecular flexibility index (Phi) is 13.3. The Balaban J connectivity index is 2.08. The van der Waals surface area contributed by atoms with Crippen molar-refractivity contribution < 1.29 is 14.2 Å². The lowest BCUT2D eigenvalue weighted by Gasteiger charge is -2.12. The molecule has 0 aliphatic carbocycles. The number of pyridine rings is 1. The number of unbranched alkanes of at least 4 members (excludes halogenated alkanes) is 1. The highest BCUT2D eigenvalue weighted by Crippen LogP contribution is 2.04. The van der Waals surface area contributed by atoms with E-state index in [0.717, 1.165) is 37.7 Å². The van der Waals surface area contributed by atoms with Crippen LogP contribution in [-0.2, 0) is 9.47 Å². The first-order chi connectivity index (χ1) is 12.4. The van der Waals surface area contributed by atoms with Crippen molar-refractivity contribution in [2.24, 2.45) is 4.99 Å². The number of hydrogen-bond acceptors (Lipinski definition) is 5. The zero-order valence-corrected chi connectivity index (χ0v) is 15.5. The summed E-state index contributed by atoms with van der Waals surface area (Å²) in [6.07, 6.45) is 5.68. The van der Waals surface area contributed by atoms with Gasteiger partial charge in [-0.3, -0.25) is 9.98 Å². The van der Waals surface area contributed by atoms with Crippen molar-refractivity contribution >= 4 is 5.96 Å². The fourth-order valence-corrected chi connectivity index (χ4v) is 1.90. The molecule has 0 aliphatic heterocycles. The quantitative estimate of drug-likeness (QED) is 0.302. The second kappa shape index (κ2) is 15.7. The van der Waals surface area contributed by atoms with Crippen molar-refractivity contribution in [2.45, 2.75) is 26.7 Å². The average Bonchev–Trinajstić information content (AvgIpc) is 2.64. The number of guanidine groups is 1. The Bertz CT molecular complexity index is 443. The van der Waals surface area contributed by atoms with Gasteiger partial charge in [0.2, 0.25) is 0 Å². The van der Waals surface area contributed by atoms with Crippen LogP contribution in [0.3, 0.4) is 0 Å². The predicted molar refractivity (Wildman–Crippen MR) is 100 cm³/mol. The van der Waals surface area contributed by atoms with E-state index in [1.165, 1.54) is 0 Å². The minimum atomic E-state index is 0.543. The lowest BCUT2D eigenvalue weighted by molar-refractivity contribution is 0.0497. The van der Waals surface area contributed by atoms with Crippen molar-refractivity contribution in [1.29, 1.82) is 0 Å². The van der Waals surface area contributed by atoms with Crippen LogP contribution in [0.4, 0.5) is 0 Å². The predicted octanol–water partition coefficient (Wildman–Crippen LogP) is 1.85. The maximum Gasteiger partial charge on any atom is 0.191 e. The Morgan fingerprint density at radius 1 is 1.08 bits per heavy atom. The fourth-order valence-electron chi connectivity index (χ4n) is 1.90. The third-order valence-corrected chi connectivity index (χ3v) is 3.16. The molecular formula is C18H32N4O3. The second-order valence-corrected chi connectivity index (χ2v) is 5.30. The van der Waals surface area contributed by atoms with Crippen LogP contribution in [0.25, 0.3) is 0 Å². The molecule has 0 spiro atoms. The van der Waals surface area contributed by atoms with E-state index in [-0.39, 0.29) is 0 Å². The van der Waals surface area contributed by atoms with E-state index < -0.39 is 0 Å². The Hall–Kier alpha value is -1.86. The molecule has 1 rings (SSSR count). The van der Waals surface area contributed by atoms with E-state index in [4.69, 9.17) is 14.2 Å². The first kappa shape index (κ1) is 21.2. The van der Waals surface area contributed by atoms with Crippen molar-refractivity contribution in [2.75, 3.05) is 52.7 Å². The number of hydrogen-bond donors (Lipinski definition) is 2. The van der Waals surface area contributed by atoms with Gasteiger partial charge in [-0.1, -0.05) is 13.3 Å². The summed E-state index contributed by atoms with van der Waals surface area (Å²) in [5.74, 6) is 1.53. The number of nitrogens with zero attached hydrogens (tertiary/aromatic N) is 2. The number of aromatic nitrogens is 1. The minimum Gasteiger partial charge on any atom is -0.490 e. The molecule has 25 heavy (non-hydrogen) atoms. The van der Waals surface area contributed by atoms with Crippen LogP contribution >= 0.6 is 0 Å². The van der Waals surface area contributed by atoms with Crippen molar-refractivity contribution in [1.82, 2.24) is 15.6 Å². The lowest BCUT2D eigenvalue weighted by Crippen LogP contribution is -2.39. The molecule has 2 N–H and O–H groups in total. The van der Waals surface area contributed by atoms with Gasteiger partial charge >= 0.3 is 0 Å². The van der Waals surface area contributed by atoms with Crippen LogP contribution in [0.15, 0.2) is 29.5 Å². The molecule has 0 bridgehead atoms. The van der Waals surface area contributed by atoms with Crippen molar-refractivity contribution in [3.63, 3.8) is 0 Å². The minimum absolute atomic E-state index is 0.543. The Morgan fingerprint density at radius 3 is 2.64 bits per heavy atom. The van der Waals surface area contributed by atoms with Gasteiger partial charge in [-0.25, -0.2) is 0 Å². The van der Waals surface area contributed by atoms with Crippen LogP contribution in [0.5, 0.6) is 5.75 Å². The Morgan fingerprint density at radius 2 is 1.92 bits per heavy atom. The van der Waals surface area contributed by atoms with Crippen molar-refractivity contribution in [3.05, 3.63) is 24.5 Å². The zero-order chi connectivity index (χ0) is 18.0. The molecule has 1 aromatic rings. The molecule has 0 aromatic carbocycles. The molecule has 0 fully saturated rings. The van der Waals surface area contributed by atoms with Gasteiger partial charge in [0.1, 0.15) is 12.4 Å². The van der Waals surface area contributed by atoms with Gasteiger partial charge in [0.25, 0.3) is 0 Å². The van der Waals surface area contributed by atoms with E-state index in [1.807, 2.05) is 19.1 Å². The van der Waals surface area contributed by atoms with Crippen LogP contribution in [0.1, 0.15) is 26.7 Å². The van der Waals surface area contributed by atoms with E-state index in [0.29, 0.717) is 39.5 Å². The summed E-state index contributed by atoms with van der Waals surface area (Å²) in [4.78, 5) is 8.48. The largest absolute Gasteiger partial charge is 0.490 e. The van der Waals surface area contributed by atoms with Gasteiger partial charge in [0.15, 0.2) is 5.96 Å². The molecule has 7 nitrogen and oxygen atoms in total. The zero-order valence-electron chi connectivity index (χ0n) is 15.5. The SMILES string of the molecule is CCCCOCCOCCN=C(NCC)NCCOc1cccnc1. The van der Waals surface area contributed by atoms with Crippen LogP contribution in [0.2, 0.25) is 0 Å². The van der Waals surface area contributed by atoms with Gasteiger partial charge in [0.05, 0.1) is 39.1 Å². The van der Waals surface area contributed by atoms with Crippen molar-refractivity contribution in [3.8, 4) is 5.75 Å². The number of nitrogens with one attached hydrogen (secondary N) is 2. The molecule has 0 saturated carbocycles. The summed E-state index contributed by atoms with van der Waals surface area (Å²) in [5, 5.41) is 6.43. The summed E-state index contributed by atoms with van der Waals surface area (Å²) >= 11 is 0. The Labute approximate surface area is 151 Å². The molecule has 1 aromatic heterocycles. The number of aliphatic imine (C=N–C) groups is 1. The standard InChI is InChI=1S/C18H32N4O3/c1-3-5-11-23-14-15-24-12-9-21-18(20-4-2)22-10-13-25-17-7-6-8-19-16-17/h6-8,16H,3-5,9-15H2,1-2H3,(H2,20,21,22). The summed E-state index contributed by atoms with van der Waals surface area (Å²) < 4.78 is 16.5. The molecule has 0 amide bonds. The molecule has 7 heteroatoms. The van der Waals surface area contributed by atoms with E-state index in [1.54, 1.807) is 12.4 Å². The molecule has 0 unspecified atom stereocenters. The normalized spacial score (nSPS) is 11.4. The van der Waals surface area contributed by atoms with E-state index in [9.17, 15) is 0 Å². The highest BCUT2D eigenvalue weighted by Gasteiger charge is 1.98. The molecule has 142 valence electrons. The third kappa shape index (κ3) is 12.2. The van der Waals surface area contributed by atoms with Gasteiger partial charge < -0.3 is 24.8 Å². The van der Waals surface area contributed by atoms with E-state index in [2.05, 4.69) is 27.5 Å². The smallest absolute Gasteiger partial charge is 0.191 e. The lowest BCUT2D eigenvalue weighted by atomic mass is 10.4. The summed E-state index contributed by atoms with van der Waals surface area (Å²) in [6.45, 7) is 9.46. The highest BCUT2D eigenvalue weighted by molar-refractivity contribution is 5.79. The van der Waals surface area contributed by atoms with Crippen LogP contribution in [-0.4, -0.2) is 63.6 Å². The molecule has 0 aliphatic rings. The number of rotatable bonds is 14. The summed E-state index contributed by atoms with van der Waals surface area (Å²) in [5.41, 5.74) is 0. The van der Waals surface area contributed by atoms with Crippen LogP contribution < -0.4 is 15.4 Å². The van der Waals surface area contributed by atoms with Gasteiger partial charge in [-0.05, 0) is 25.5 Å². The van der Waals surface area contributed by atoms with E-state index >= 15 is 0 Å². The maximum atomic E-state index is 5.59. The van der Waals surface area contributed by atoms with Crippen LogP contribution in [0, 0.1) is 0 Å². The molecule has 0 atom stereocenters. The first-order valence-electron chi connectivity index (χ1n) is 9.07. The third-order valence-electron chi connectivity index (χ3n) is 3.16. The average molecular weight is 352 g/mol. The van der Waals surface area contributed by atoms with Gasteiger partial charge in [-0.15, -0.1) is 0 Å². The van der Waals surface area contributed by atoms with Gasteiger partial charge in [0, 0.05) is 19.3 Å². The molecule has 0 radical (unpaired) electrons. The second-order valence-electron chi connectivity index (χ2n) is 5.30. The van der Waals surface area contributed by atoms with Gasteiger partial charge in [-0.2, -0.15) is 0 Å². The number of ether oxygens (including phenoxy) is 3. The molecule has 0 saturated heterocycles. The molecular weight excluding hydrogens is 320 g/mol.